The van der Waals surface area contributed by atoms with E-state index in [1.807, 2.05) is 66.9 Å². The molecule has 4 rings (SSSR count). The number of carbonyl (C=O) groups is 2. The van der Waals surface area contributed by atoms with Crippen molar-refractivity contribution in [1.82, 2.24) is 4.90 Å². The zero-order valence-electron chi connectivity index (χ0n) is 16.1. The first-order valence-electron chi connectivity index (χ1n) is 9.60. The fourth-order valence-corrected chi connectivity index (χ4v) is 4.15. The third-order valence-electron chi connectivity index (χ3n) is 4.90. The normalized spacial score (nSPS) is 15.9. The maximum atomic E-state index is 12.8. The lowest BCUT2D eigenvalue weighted by molar-refractivity contribution is -0.119. The van der Waals surface area contributed by atoms with Crippen molar-refractivity contribution in [2.75, 3.05) is 11.9 Å². The lowest BCUT2D eigenvalue weighted by Crippen LogP contribution is -2.42. The average molecular weight is 407 g/mol. The average Bonchev–Trinajstić information content (AvgIpc) is 3.41. The summed E-state index contributed by atoms with van der Waals surface area (Å²) in [5.74, 6) is 1.25. The summed E-state index contributed by atoms with van der Waals surface area (Å²) in [5, 5.41) is 4.80. The summed E-state index contributed by atoms with van der Waals surface area (Å²) in [5.41, 5.74) is 1.81. The smallest absolute Gasteiger partial charge is 0.264 e. The Morgan fingerprint density at radius 2 is 1.90 bits per heavy atom. The number of hydrogen-bond acceptors (Lipinski definition) is 4. The number of rotatable bonds is 5. The van der Waals surface area contributed by atoms with Crippen LogP contribution in [0.4, 0.5) is 5.69 Å². The molecule has 1 N–H and O–H groups in total. The van der Waals surface area contributed by atoms with Crippen LogP contribution in [-0.4, -0.2) is 29.3 Å². The maximum Gasteiger partial charge on any atom is 0.264 e. The van der Waals surface area contributed by atoms with Crippen molar-refractivity contribution in [3.8, 4) is 11.5 Å². The van der Waals surface area contributed by atoms with Gasteiger partial charge in [0.2, 0.25) is 5.91 Å². The minimum absolute atomic E-state index is 0.0699. The van der Waals surface area contributed by atoms with Gasteiger partial charge in [-0.05, 0) is 73.2 Å². The molecule has 6 heteroatoms. The molecule has 0 unspecified atom stereocenters. The zero-order valence-corrected chi connectivity index (χ0v) is 16.9. The van der Waals surface area contributed by atoms with Crippen LogP contribution in [0.2, 0.25) is 0 Å². The highest BCUT2D eigenvalue weighted by Crippen LogP contribution is 2.26. The number of nitrogens with one attached hydrogen (secondary N) is 1. The van der Waals surface area contributed by atoms with E-state index in [0.29, 0.717) is 29.3 Å². The van der Waals surface area contributed by atoms with Gasteiger partial charge in [0.25, 0.3) is 5.91 Å². The molecule has 0 saturated carbocycles. The van der Waals surface area contributed by atoms with Crippen molar-refractivity contribution in [3.05, 3.63) is 76.5 Å². The van der Waals surface area contributed by atoms with E-state index in [4.69, 9.17) is 4.74 Å². The van der Waals surface area contributed by atoms with Gasteiger partial charge in [0.05, 0.1) is 4.88 Å². The number of aryl methyl sites for hydroxylation is 1. The summed E-state index contributed by atoms with van der Waals surface area (Å²) in [7, 11) is 0. The molecular weight excluding hydrogens is 384 g/mol. The summed E-state index contributed by atoms with van der Waals surface area (Å²) in [6.45, 7) is 2.62. The van der Waals surface area contributed by atoms with Crippen LogP contribution >= 0.6 is 11.3 Å². The second-order valence-electron chi connectivity index (χ2n) is 7.07. The topological polar surface area (TPSA) is 58.6 Å². The molecule has 1 saturated heterocycles. The van der Waals surface area contributed by atoms with Gasteiger partial charge in [-0.1, -0.05) is 18.2 Å². The number of ether oxygens (including phenoxy) is 1. The SMILES string of the molecule is Cc1cccc(Oc2ccc(NC(=O)[C@@H]3CCCN3C(=O)c3cccs3)cc2)c1. The highest BCUT2D eigenvalue weighted by atomic mass is 32.1. The second kappa shape index (κ2) is 8.49. The summed E-state index contributed by atoms with van der Waals surface area (Å²) in [6.07, 6.45) is 1.51. The van der Waals surface area contributed by atoms with Gasteiger partial charge in [-0.3, -0.25) is 9.59 Å². The molecule has 0 bridgehead atoms. The largest absolute Gasteiger partial charge is 0.457 e. The first-order chi connectivity index (χ1) is 14.1. The lowest BCUT2D eigenvalue weighted by atomic mass is 10.2. The van der Waals surface area contributed by atoms with Crippen LogP contribution in [-0.2, 0) is 4.79 Å². The molecule has 2 amide bonds. The lowest BCUT2D eigenvalue weighted by Gasteiger charge is -2.23. The number of nitrogens with zero attached hydrogens (tertiary/aromatic N) is 1. The van der Waals surface area contributed by atoms with Gasteiger partial charge in [-0.25, -0.2) is 0 Å². The number of amides is 2. The molecule has 148 valence electrons. The summed E-state index contributed by atoms with van der Waals surface area (Å²) in [6, 6.07) is 18.3. The molecular formula is C23H22N2O3S. The van der Waals surface area contributed by atoms with Gasteiger partial charge in [-0.2, -0.15) is 0 Å². The van der Waals surface area contributed by atoms with Crippen LogP contribution in [0.25, 0.3) is 0 Å². The molecule has 1 aromatic heterocycles. The minimum atomic E-state index is -0.437. The molecule has 2 aromatic carbocycles. The van der Waals surface area contributed by atoms with E-state index in [0.717, 1.165) is 17.7 Å². The van der Waals surface area contributed by atoms with E-state index in [2.05, 4.69) is 5.32 Å². The number of benzene rings is 2. The predicted octanol–water partition coefficient (Wildman–Crippen LogP) is 5.09. The molecule has 1 aliphatic heterocycles. The van der Waals surface area contributed by atoms with E-state index >= 15 is 0 Å². The van der Waals surface area contributed by atoms with Crippen LogP contribution in [0.15, 0.2) is 66.0 Å². The molecule has 5 nitrogen and oxygen atoms in total. The zero-order chi connectivity index (χ0) is 20.2. The summed E-state index contributed by atoms with van der Waals surface area (Å²) >= 11 is 1.40. The third kappa shape index (κ3) is 4.49. The molecule has 29 heavy (non-hydrogen) atoms. The fourth-order valence-electron chi connectivity index (χ4n) is 3.47. The van der Waals surface area contributed by atoms with Crippen molar-refractivity contribution in [3.63, 3.8) is 0 Å². The van der Waals surface area contributed by atoms with E-state index in [1.165, 1.54) is 11.3 Å². The van der Waals surface area contributed by atoms with Gasteiger partial charge in [0, 0.05) is 12.2 Å². The summed E-state index contributed by atoms with van der Waals surface area (Å²) < 4.78 is 5.84. The first-order valence-corrected chi connectivity index (χ1v) is 10.5. The van der Waals surface area contributed by atoms with Crippen molar-refractivity contribution in [2.45, 2.75) is 25.8 Å². The van der Waals surface area contributed by atoms with E-state index in [-0.39, 0.29) is 11.8 Å². The van der Waals surface area contributed by atoms with Crippen molar-refractivity contribution < 1.29 is 14.3 Å². The number of thiophene rings is 1. The molecule has 0 spiro atoms. The van der Waals surface area contributed by atoms with E-state index < -0.39 is 6.04 Å². The molecule has 3 aromatic rings. The number of likely N-dealkylation sites (tertiary alicyclic amines) is 1. The second-order valence-corrected chi connectivity index (χ2v) is 8.01. The monoisotopic (exact) mass is 406 g/mol. The predicted molar refractivity (Wildman–Crippen MR) is 115 cm³/mol. The minimum Gasteiger partial charge on any atom is -0.457 e. The van der Waals surface area contributed by atoms with Crippen LogP contribution in [0.5, 0.6) is 11.5 Å². The van der Waals surface area contributed by atoms with Crippen LogP contribution in [0.3, 0.4) is 0 Å². The molecule has 0 radical (unpaired) electrons. The Balaban J connectivity index is 1.39. The first kappa shape index (κ1) is 19.2. The standard InChI is InChI=1S/C23H22N2O3S/c1-16-5-2-6-19(15-16)28-18-11-9-17(10-12-18)24-22(26)20-7-3-13-25(20)23(27)21-8-4-14-29-21/h2,4-6,8-12,14-15,20H,3,7,13H2,1H3,(H,24,26)/t20-/m0/s1. The van der Waals surface area contributed by atoms with Crippen molar-refractivity contribution >= 4 is 28.8 Å². The quantitative estimate of drug-likeness (QED) is 0.642. The van der Waals surface area contributed by atoms with Crippen LogP contribution < -0.4 is 10.1 Å². The van der Waals surface area contributed by atoms with E-state index in [1.54, 1.807) is 11.0 Å². The van der Waals surface area contributed by atoms with Gasteiger partial charge >= 0.3 is 0 Å². The molecule has 0 aliphatic carbocycles. The van der Waals surface area contributed by atoms with Crippen LogP contribution in [0, 0.1) is 6.92 Å². The Morgan fingerprint density at radius 1 is 1.07 bits per heavy atom. The van der Waals surface area contributed by atoms with Gasteiger partial charge < -0.3 is 15.0 Å². The molecule has 1 atom stereocenters. The highest BCUT2D eigenvalue weighted by molar-refractivity contribution is 7.12. The Hall–Kier alpha value is -3.12. The maximum absolute atomic E-state index is 12.8. The van der Waals surface area contributed by atoms with Gasteiger partial charge in [0.15, 0.2) is 0 Å². The number of carbonyl (C=O) groups excluding carboxylic acids is 2. The van der Waals surface area contributed by atoms with Gasteiger partial charge in [0.1, 0.15) is 17.5 Å². The van der Waals surface area contributed by atoms with Crippen molar-refractivity contribution in [2.24, 2.45) is 0 Å². The number of anilines is 1. The number of hydrogen-bond donors (Lipinski definition) is 1. The van der Waals surface area contributed by atoms with Crippen LogP contribution in [0.1, 0.15) is 28.1 Å². The Morgan fingerprint density at radius 3 is 2.62 bits per heavy atom. The van der Waals surface area contributed by atoms with Gasteiger partial charge in [-0.15, -0.1) is 11.3 Å². The van der Waals surface area contributed by atoms with Crippen molar-refractivity contribution in [1.29, 1.82) is 0 Å². The third-order valence-corrected chi connectivity index (χ3v) is 5.75. The molecule has 1 fully saturated rings. The summed E-state index contributed by atoms with van der Waals surface area (Å²) in [4.78, 5) is 27.8. The molecule has 2 heterocycles. The fraction of sp³-hybridized carbons (Fsp3) is 0.217. The van der Waals surface area contributed by atoms with E-state index in [9.17, 15) is 9.59 Å². The Kier molecular flexibility index (Phi) is 5.62. The Bertz CT molecular complexity index is 999. The highest BCUT2D eigenvalue weighted by Gasteiger charge is 2.34. The molecule has 1 aliphatic rings. The Labute approximate surface area is 173 Å².